The molecule has 0 amide bonds. The van der Waals surface area contributed by atoms with Crippen molar-refractivity contribution in [1.29, 1.82) is 0 Å². The summed E-state index contributed by atoms with van der Waals surface area (Å²) in [5, 5.41) is 9.52. The average molecular weight is 247 g/mol. The van der Waals surface area contributed by atoms with Crippen LogP contribution in [-0.4, -0.2) is 17.4 Å². The van der Waals surface area contributed by atoms with E-state index < -0.39 is 11.9 Å². The normalized spacial score (nSPS) is 12.1. The molecule has 5 heteroatoms. The van der Waals surface area contributed by atoms with Gasteiger partial charge in [0.1, 0.15) is 6.29 Å². The van der Waals surface area contributed by atoms with Crippen molar-refractivity contribution in [2.45, 2.75) is 12.3 Å². The number of carboxylic acids is 1. The standard InChI is InChI=1S/C10H8Cl2O3/c11-8-2-1-6(5-9(8)12)7(3-4-13)10(14)15/h1-2,4-5,7H,3H2,(H,14,15). The summed E-state index contributed by atoms with van der Waals surface area (Å²) in [6.45, 7) is 0. The van der Waals surface area contributed by atoms with Crippen molar-refractivity contribution in [3.8, 4) is 0 Å². The summed E-state index contributed by atoms with van der Waals surface area (Å²) >= 11 is 11.4. The third-order valence-electron chi connectivity index (χ3n) is 1.98. The summed E-state index contributed by atoms with van der Waals surface area (Å²) < 4.78 is 0. The van der Waals surface area contributed by atoms with Crippen LogP contribution in [0.15, 0.2) is 18.2 Å². The quantitative estimate of drug-likeness (QED) is 0.832. The zero-order valence-electron chi connectivity index (χ0n) is 7.61. The first-order valence-electron chi connectivity index (χ1n) is 4.17. The van der Waals surface area contributed by atoms with Crippen LogP contribution in [0, 0.1) is 0 Å². The molecule has 0 bridgehead atoms. The molecule has 80 valence electrons. The number of aliphatic carboxylic acids is 1. The number of halogens is 2. The summed E-state index contributed by atoms with van der Waals surface area (Å²) in [5.74, 6) is -1.92. The number of benzene rings is 1. The zero-order valence-corrected chi connectivity index (χ0v) is 9.13. The Bertz CT molecular complexity index is 390. The molecular formula is C10H8Cl2O3. The molecule has 0 aliphatic carbocycles. The van der Waals surface area contributed by atoms with E-state index in [1.807, 2.05) is 0 Å². The highest BCUT2D eigenvalue weighted by molar-refractivity contribution is 6.42. The molecule has 3 nitrogen and oxygen atoms in total. The van der Waals surface area contributed by atoms with Gasteiger partial charge in [-0.25, -0.2) is 0 Å². The van der Waals surface area contributed by atoms with E-state index in [9.17, 15) is 9.59 Å². The molecule has 1 N–H and O–H groups in total. The SMILES string of the molecule is O=CCC(C(=O)O)c1ccc(Cl)c(Cl)c1. The van der Waals surface area contributed by atoms with E-state index in [1.165, 1.54) is 12.1 Å². The molecule has 1 aromatic rings. The highest BCUT2D eigenvalue weighted by Crippen LogP contribution is 2.27. The van der Waals surface area contributed by atoms with Crippen molar-refractivity contribution in [2.75, 3.05) is 0 Å². The minimum atomic E-state index is -1.06. The van der Waals surface area contributed by atoms with Crippen LogP contribution in [0.25, 0.3) is 0 Å². The Morgan fingerprint density at radius 3 is 2.53 bits per heavy atom. The average Bonchev–Trinajstić information content (AvgIpc) is 2.18. The highest BCUT2D eigenvalue weighted by atomic mass is 35.5. The molecule has 0 aliphatic rings. The van der Waals surface area contributed by atoms with Gasteiger partial charge in [-0.05, 0) is 17.7 Å². The molecule has 1 aromatic carbocycles. The Kier molecular flexibility index (Phi) is 4.12. The molecule has 1 unspecified atom stereocenters. The Labute approximate surface area is 96.6 Å². The fraction of sp³-hybridized carbons (Fsp3) is 0.200. The number of hydrogen-bond acceptors (Lipinski definition) is 2. The Hall–Kier alpha value is -1.06. The Balaban J connectivity index is 3.06. The maximum Gasteiger partial charge on any atom is 0.311 e. The van der Waals surface area contributed by atoms with Crippen LogP contribution < -0.4 is 0 Å². The largest absolute Gasteiger partial charge is 0.481 e. The molecule has 0 aliphatic heterocycles. The topological polar surface area (TPSA) is 54.4 Å². The molecule has 0 heterocycles. The van der Waals surface area contributed by atoms with Gasteiger partial charge in [0.25, 0.3) is 0 Å². The third kappa shape index (κ3) is 2.94. The molecule has 0 radical (unpaired) electrons. The summed E-state index contributed by atoms with van der Waals surface area (Å²) in [7, 11) is 0. The van der Waals surface area contributed by atoms with Crippen molar-refractivity contribution < 1.29 is 14.7 Å². The fourth-order valence-electron chi connectivity index (χ4n) is 1.20. The van der Waals surface area contributed by atoms with E-state index in [0.29, 0.717) is 16.9 Å². The summed E-state index contributed by atoms with van der Waals surface area (Å²) in [6, 6.07) is 4.53. The molecule has 1 rings (SSSR count). The van der Waals surface area contributed by atoms with Crippen molar-refractivity contribution in [2.24, 2.45) is 0 Å². The lowest BCUT2D eigenvalue weighted by molar-refractivity contribution is -0.139. The monoisotopic (exact) mass is 246 g/mol. The first-order chi connectivity index (χ1) is 7.06. The highest BCUT2D eigenvalue weighted by Gasteiger charge is 2.19. The van der Waals surface area contributed by atoms with Crippen molar-refractivity contribution in [3.05, 3.63) is 33.8 Å². The number of rotatable bonds is 4. The van der Waals surface area contributed by atoms with Crippen LogP contribution in [0.3, 0.4) is 0 Å². The van der Waals surface area contributed by atoms with Gasteiger partial charge in [-0.15, -0.1) is 0 Å². The van der Waals surface area contributed by atoms with Crippen LogP contribution in [0.2, 0.25) is 10.0 Å². The molecule has 0 spiro atoms. The van der Waals surface area contributed by atoms with Gasteiger partial charge in [0, 0.05) is 6.42 Å². The maximum absolute atomic E-state index is 10.9. The predicted molar refractivity (Wildman–Crippen MR) is 57.5 cm³/mol. The molecule has 1 atom stereocenters. The molecule has 0 aromatic heterocycles. The number of carbonyl (C=O) groups excluding carboxylic acids is 1. The zero-order chi connectivity index (χ0) is 11.4. The lowest BCUT2D eigenvalue weighted by Crippen LogP contribution is -2.12. The molecule has 0 saturated carbocycles. The van der Waals surface area contributed by atoms with E-state index in [2.05, 4.69) is 0 Å². The van der Waals surface area contributed by atoms with E-state index in [-0.39, 0.29) is 11.4 Å². The lowest BCUT2D eigenvalue weighted by Gasteiger charge is -2.09. The first-order valence-corrected chi connectivity index (χ1v) is 4.93. The molecular weight excluding hydrogens is 239 g/mol. The van der Waals surface area contributed by atoms with E-state index in [0.717, 1.165) is 0 Å². The van der Waals surface area contributed by atoms with Crippen molar-refractivity contribution >= 4 is 35.5 Å². The van der Waals surface area contributed by atoms with Crippen LogP contribution in [0.5, 0.6) is 0 Å². The summed E-state index contributed by atoms with van der Waals surface area (Å²) in [4.78, 5) is 21.2. The van der Waals surface area contributed by atoms with E-state index >= 15 is 0 Å². The van der Waals surface area contributed by atoms with Gasteiger partial charge in [-0.3, -0.25) is 4.79 Å². The van der Waals surface area contributed by atoms with Gasteiger partial charge in [0.2, 0.25) is 0 Å². The Morgan fingerprint density at radius 2 is 2.07 bits per heavy atom. The van der Waals surface area contributed by atoms with Crippen LogP contribution in [0.1, 0.15) is 17.9 Å². The van der Waals surface area contributed by atoms with Crippen molar-refractivity contribution in [1.82, 2.24) is 0 Å². The Morgan fingerprint density at radius 1 is 1.40 bits per heavy atom. The number of carboxylic acid groups (broad SMARTS) is 1. The summed E-state index contributed by atoms with van der Waals surface area (Å²) in [5.41, 5.74) is 0.476. The second kappa shape index (κ2) is 5.14. The van der Waals surface area contributed by atoms with Gasteiger partial charge in [0.05, 0.1) is 16.0 Å². The van der Waals surface area contributed by atoms with Crippen molar-refractivity contribution in [3.63, 3.8) is 0 Å². The number of aldehydes is 1. The number of carbonyl (C=O) groups is 2. The van der Waals surface area contributed by atoms with E-state index in [4.69, 9.17) is 28.3 Å². The first kappa shape index (κ1) is 12.0. The third-order valence-corrected chi connectivity index (χ3v) is 2.72. The lowest BCUT2D eigenvalue weighted by atomic mass is 9.97. The summed E-state index contributed by atoms with van der Waals surface area (Å²) in [6.07, 6.45) is 0.495. The second-order valence-electron chi connectivity index (χ2n) is 2.97. The fourth-order valence-corrected chi connectivity index (χ4v) is 1.51. The minimum absolute atomic E-state index is 0.0761. The minimum Gasteiger partial charge on any atom is -0.481 e. The molecule has 15 heavy (non-hydrogen) atoms. The smallest absolute Gasteiger partial charge is 0.311 e. The van der Waals surface area contributed by atoms with E-state index in [1.54, 1.807) is 6.07 Å². The number of hydrogen-bond donors (Lipinski definition) is 1. The maximum atomic E-state index is 10.9. The van der Waals surface area contributed by atoms with Crippen LogP contribution >= 0.6 is 23.2 Å². The predicted octanol–water partition coefficient (Wildman–Crippen LogP) is 2.75. The van der Waals surface area contributed by atoms with Gasteiger partial charge in [-0.1, -0.05) is 29.3 Å². The molecule has 0 saturated heterocycles. The van der Waals surface area contributed by atoms with Gasteiger partial charge < -0.3 is 9.90 Å². The van der Waals surface area contributed by atoms with Crippen LogP contribution in [-0.2, 0) is 9.59 Å². The molecule has 0 fully saturated rings. The van der Waals surface area contributed by atoms with Gasteiger partial charge in [-0.2, -0.15) is 0 Å². The second-order valence-corrected chi connectivity index (χ2v) is 3.78. The van der Waals surface area contributed by atoms with Crippen LogP contribution in [0.4, 0.5) is 0 Å². The van der Waals surface area contributed by atoms with Gasteiger partial charge in [0.15, 0.2) is 0 Å². The van der Waals surface area contributed by atoms with Gasteiger partial charge >= 0.3 is 5.97 Å².